The lowest BCUT2D eigenvalue weighted by Gasteiger charge is -2.19. The second-order valence-electron chi connectivity index (χ2n) is 4.40. The van der Waals surface area contributed by atoms with E-state index in [2.05, 4.69) is 0 Å². The van der Waals surface area contributed by atoms with Crippen molar-refractivity contribution in [3.63, 3.8) is 0 Å². The van der Waals surface area contributed by atoms with Crippen LogP contribution in [-0.2, 0) is 0 Å². The maximum Gasteiger partial charge on any atom is 0.104 e. The Balaban J connectivity index is 2.24. The van der Waals surface area contributed by atoms with Crippen LogP contribution in [-0.4, -0.2) is 40.5 Å². The van der Waals surface area contributed by atoms with Crippen molar-refractivity contribution in [2.45, 2.75) is 19.1 Å². The molecule has 1 fully saturated rings. The van der Waals surface area contributed by atoms with Crippen molar-refractivity contribution >= 4 is 22.9 Å². The van der Waals surface area contributed by atoms with Gasteiger partial charge in [0.2, 0.25) is 0 Å². The summed E-state index contributed by atoms with van der Waals surface area (Å²) in [6.07, 6.45) is -1.35. The van der Waals surface area contributed by atoms with Gasteiger partial charge < -0.3 is 20.8 Å². The van der Waals surface area contributed by atoms with E-state index >= 15 is 0 Å². The van der Waals surface area contributed by atoms with E-state index in [-0.39, 0.29) is 0 Å². The van der Waals surface area contributed by atoms with Crippen LogP contribution >= 0.6 is 12.2 Å². The van der Waals surface area contributed by atoms with Gasteiger partial charge in [-0.25, -0.2) is 0 Å². The molecule has 1 aliphatic heterocycles. The van der Waals surface area contributed by atoms with E-state index in [9.17, 15) is 10.2 Å². The third kappa shape index (κ3) is 2.41. The van der Waals surface area contributed by atoms with Crippen LogP contribution in [0.2, 0.25) is 0 Å². The molecule has 0 amide bonds. The molecular formula is C12H16N2O2S. The van der Waals surface area contributed by atoms with Gasteiger partial charge in [-0.15, -0.1) is 0 Å². The zero-order chi connectivity index (χ0) is 12.6. The summed E-state index contributed by atoms with van der Waals surface area (Å²) in [6, 6.07) is 5.76. The first-order chi connectivity index (χ1) is 7.99. The van der Waals surface area contributed by atoms with Crippen LogP contribution < -0.4 is 10.6 Å². The van der Waals surface area contributed by atoms with Crippen molar-refractivity contribution < 1.29 is 10.2 Å². The first-order valence-corrected chi connectivity index (χ1v) is 5.91. The van der Waals surface area contributed by atoms with E-state index in [1.807, 2.05) is 30.0 Å². The molecule has 0 saturated carbocycles. The molecule has 1 aromatic rings. The molecule has 5 heteroatoms. The standard InChI is InChI=1S/C12H16N2O2S/c1-7-4-8(2-3-9(7)12(13)17)14-5-10(15)11(16)6-14/h2-4,10-11,15-16H,5-6H2,1H3,(H2,13,17). The number of benzene rings is 1. The van der Waals surface area contributed by atoms with Crippen LogP contribution in [0.4, 0.5) is 5.69 Å². The number of nitrogens with zero attached hydrogens (tertiary/aromatic N) is 1. The second kappa shape index (κ2) is 4.60. The van der Waals surface area contributed by atoms with Gasteiger partial charge in [0.05, 0.1) is 12.2 Å². The Morgan fingerprint density at radius 2 is 1.94 bits per heavy atom. The Morgan fingerprint density at radius 1 is 1.35 bits per heavy atom. The Morgan fingerprint density at radius 3 is 2.41 bits per heavy atom. The van der Waals surface area contributed by atoms with E-state index in [1.165, 1.54) is 0 Å². The number of hydrogen-bond acceptors (Lipinski definition) is 4. The molecule has 2 rings (SSSR count). The van der Waals surface area contributed by atoms with Gasteiger partial charge in [-0.3, -0.25) is 0 Å². The Hall–Kier alpha value is -1.17. The van der Waals surface area contributed by atoms with E-state index < -0.39 is 12.2 Å². The Labute approximate surface area is 106 Å². The molecule has 1 saturated heterocycles. The van der Waals surface area contributed by atoms with Crippen LogP contribution in [0.3, 0.4) is 0 Å². The van der Waals surface area contributed by atoms with Gasteiger partial charge in [0.15, 0.2) is 0 Å². The molecular weight excluding hydrogens is 236 g/mol. The quantitative estimate of drug-likeness (QED) is 0.655. The SMILES string of the molecule is Cc1cc(N2CC(O)C(O)C2)ccc1C(N)=S. The van der Waals surface area contributed by atoms with Gasteiger partial charge >= 0.3 is 0 Å². The number of anilines is 1. The fourth-order valence-electron chi connectivity index (χ4n) is 2.10. The molecule has 0 aromatic heterocycles. The van der Waals surface area contributed by atoms with Crippen LogP contribution in [0.1, 0.15) is 11.1 Å². The second-order valence-corrected chi connectivity index (χ2v) is 4.84. The minimum Gasteiger partial charge on any atom is -0.389 e. The van der Waals surface area contributed by atoms with Crippen molar-refractivity contribution in [2.24, 2.45) is 5.73 Å². The molecule has 0 aliphatic carbocycles. The molecule has 4 N–H and O–H groups in total. The summed E-state index contributed by atoms with van der Waals surface area (Å²) in [5, 5.41) is 19.0. The minimum atomic E-state index is -0.675. The van der Waals surface area contributed by atoms with Gasteiger partial charge in [0.25, 0.3) is 0 Å². The summed E-state index contributed by atoms with van der Waals surface area (Å²) >= 11 is 4.95. The van der Waals surface area contributed by atoms with Crippen molar-refractivity contribution in [1.29, 1.82) is 0 Å². The van der Waals surface area contributed by atoms with Crippen molar-refractivity contribution in [1.82, 2.24) is 0 Å². The molecule has 0 spiro atoms. The predicted octanol–water partition coefficient (Wildman–Crippen LogP) is 0.171. The molecule has 0 bridgehead atoms. The topological polar surface area (TPSA) is 69.7 Å². The third-order valence-electron chi connectivity index (χ3n) is 3.10. The lowest BCUT2D eigenvalue weighted by atomic mass is 10.1. The average Bonchev–Trinajstić information content (AvgIpc) is 2.58. The zero-order valence-electron chi connectivity index (χ0n) is 9.63. The predicted molar refractivity (Wildman–Crippen MR) is 71.3 cm³/mol. The number of rotatable bonds is 2. The van der Waals surface area contributed by atoms with Crippen LogP contribution in [0.5, 0.6) is 0 Å². The molecule has 1 aliphatic rings. The summed E-state index contributed by atoms with van der Waals surface area (Å²) in [6.45, 7) is 2.85. The number of aryl methyl sites for hydroxylation is 1. The molecule has 4 nitrogen and oxygen atoms in total. The summed E-state index contributed by atoms with van der Waals surface area (Å²) in [5.74, 6) is 0. The summed E-state index contributed by atoms with van der Waals surface area (Å²) < 4.78 is 0. The van der Waals surface area contributed by atoms with Gasteiger partial charge in [-0.2, -0.15) is 0 Å². The van der Waals surface area contributed by atoms with Crippen LogP contribution in [0.15, 0.2) is 18.2 Å². The molecule has 17 heavy (non-hydrogen) atoms. The first kappa shape index (κ1) is 12.3. The number of β-amino-alcohol motifs (C(OH)–C–C–N with tert-alkyl or cyclic N) is 2. The van der Waals surface area contributed by atoms with Crippen molar-refractivity contribution in [3.8, 4) is 0 Å². The van der Waals surface area contributed by atoms with Crippen LogP contribution in [0, 0.1) is 6.92 Å². The Kier molecular flexibility index (Phi) is 3.33. The average molecular weight is 252 g/mol. The number of nitrogens with two attached hydrogens (primary N) is 1. The number of aliphatic hydroxyl groups excluding tert-OH is 2. The van der Waals surface area contributed by atoms with Gasteiger partial charge in [0.1, 0.15) is 4.99 Å². The van der Waals surface area contributed by atoms with Crippen molar-refractivity contribution in [3.05, 3.63) is 29.3 Å². The fourth-order valence-corrected chi connectivity index (χ4v) is 2.33. The van der Waals surface area contributed by atoms with Gasteiger partial charge in [0, 0.05) is 24.3 Å². The number of hydrogen-bond donors (Lipinski definition) is 3. The third-order valence-corrected chi connectivity index (χ3v) is 3.32. The van der Waals surface area contributed by atoms with E-state index in [1.54, 1.807) is 0 Å². The highest BCUT2D eigenvalue weighted by Gasteiger charge is 2.29. The number of aliphatic hydroxyl groups is 2. The molecule has 0 radical (unpaired) electrons. The van der Waals surface area contributed by atoms with Crippen molar-refractivity contribution in [2.75, 3.05) is 18.0 Å². The minimum absolute atomic E-state index is 0.385. The summed E-state index contributed by atoms with van der Waals surface area (Å²) in [5.41, 5.74) is 8.44. The maximum atomic E-state index is 9.51. The Bertz CT molecular complexity index is 440. The lowest BCUT2D eigenvalue weighted by Crippen LogP contribution is -2.22. The van der Waals surface area contributed by atoms with Gasteiger partial charge in [-0.1, -0.05) is 12.2 Å². The fraction of sp³-hybridized carbons (Fsp3) is 0.417. The monoisotopic (exact) mass is 252 g/mol. The van der Waals surface area contributed by atoms with Crippen LogP contribution in [0.25, 0.3) is 0 Å². The molecule has 92 valence electrons. The highest BCUT2D eigenvalue weighted by molar-refractivity contribution is 7.80. The van der Waals surface area contributed by atoms with E-state index in [0.717, 1.165) is 16.8 Å². The lowest BCUT2D eigenvalue weighted by molar-refractivity contribution is 0.0572. The zero-order valence-corrected chi connectivity index (χ0v) is 10.4. The number of thiocarbonyl (C=S) groups is 1. The molecule has 1 aromatic carbocycles. The maximum absolute atomic E-state index is 9.51. The molecule has 2 unspecified atom stereocenters. The van der Waals surface area contributed by atoms with Gasteiger partial charge in [-0.05, 0) is 30.7 Å². The molecule has 2 atom stereocenters. The normalized spacial score (nSPS) is 24.1. The van der Waals surface area contributed by atoms with E-state index in [4.69, 9.17) is 18.0 Å². The van der Waals surface area contributed by atoms with E-state index in [0.29, 0.717) is 18.1 Å². The largest absolute Gasteiger partial charge is 0.389 e. The first-order valence-electron chi connectivity index (χ1n) is 5.50. The highest BCUT2D eigenvalue weighted by atomic mass is 32.1. The summed E-state index contributed by atoms with van der Waals surface area (Å²) in [7, 11) is 0. The smallest absolute Gasteiger partial charge is 0.104 e. The molecule has 1 heterocycles. The summed E-state index contributed by atoms with van der Waals surface area (Å²) in [4.78, 5) is 2.33. The highest BCUT2D eigenvalue weighted by Crippen LogP contribution is 2.23.